The number of pyridine rings is 3. The summed E-state index contributed by atoms with van der Waals surface area (Å²) in [6.07, 6.45) is 4.96. The Bertz CT molecular complexity index is 1270. The molecule has 2 atom stereocenters. The number of nitrogens with zero attached hydrogens (tertiary/aromatic N) is 4. The molecule has 1 aliphatic heterocycles. The first-order chi connectivity index (χ1) is 16.0. The van der Waals surface area contributed by atoms with Crippen LogP contribution in [0.2, 0.25) is 0 Å². The molecule has 1 amide bonds. The molecule has 0 spiro atoms. The maximum atomic E-state index is 12.2. The smallest absolute Gasteiger partial charge is 0.269 e. The van der Waals surface area contributed by atoms with Gasteiger partial charge in [0.05, 0.1) is 22.4 Å². The molecule has 2 fully saturated rings. The molecule has 1 aliphatic carbocycles. The molecule has 8 heteroatoms. The molecule has 8 nitrogen and oxygen atoms in total. The van der Waals surface area contributed by atoms with Crippen molar-refractivity contribution in [3.63, 3.8) is 0 Å². The molecule has 172 valence electrons. The second kappa shape index (κ2) is 8.59. The lowest BCUT2D eigenvalue weighted by Gasteiger charge is -2.55. The van der Waals surface area contributed by atoms with Crippen LogP contribution in [0.25, 0.3) is 11.0 Å². The van der Waals surface area contributed by atoms with Crippen molar-refractivity contribution < 1.29 is 4.79 Å². The molecule has 0 unspecified atom stereocenters. The third kappa shape index (κ3) is 3.88. The molecular weight excluding hydrogens is 416 g/mol. The van der Waals surface area contributed by atoms with Gasteiger partial charge >= 0.3 is 0 Å². The number of aromatic nitrogens is 3. The predicted molar refractivity (Wildman–Crippen MR) is 129 cm³/mol. The first-order valence-corrected chi connectivity index (χ1v) is 11.7. The number of aromatic amines is 1. The van der Waals surface area contributed by atoms with E-state index in [0.29, 0.717) is 24.2 Å². The Balaban J connectivity index is 1.33. The van der Waals surface area contributed by atoms with Gasteiger partial charge < -0.3 is 15.2 Å². The minimum absolute atomic E-state index is 0.0250. The molecular formula is C25H30N6O2. The number of H-pyrrole nitrogens is 1. The summed E-state index contributed by atoms with van der Waals surface area (Å²) in [6, 6.07) is 8.73. The van der Waals surface area contributed by atoms with E-state index in [4.69, 9.17) is 0 Å². The van der Waals surface area contributed by atoms with Crippen molar-refractivity contribution in [1.82, 2.24) is 25.2 Å². The lowest BCUT2D eigenvalue weighted by molar-refractivity contribution is 0.0658. The highest BCUT2D eigenvalue weighted by molar-refractivity contribution is 5.92. The molecule has 0 aromatic carbocycles. The molecule has 2 aliphatic rings. The quantitative estimate of drug-likeness (QED) is 0.625. The number of carbonyl (C=O) groups is 1. The maximum Gasteiger partial charge on any atom is 0.269 e. The number of anilines is 1. The summed E-state index contributed by atoms with van der Waals surface area (Å²) in [4.78, 5) is 41.3. The highest BCUT2D eigenvalue weighted by atomic mass is 16.1. The van der Waals surface area contributed by atoms with Crippen LogP contribution in [0.15, 0.2) is 35.3 Å². The van der Waals surface area contributed by atoms with E-state index in [9.17, 15) is 9.59 Å². The van der Waals surface area contributed by atoms with Crippen molar-refractivity contribution in [1.29, 1.82) is 0 Å². The average molecular weight is 447 g/mol. The van der Waals surface area contributed by atoms with Gasteiger partial charge in [0.25, 0.3) is 11.5 Å². The van der Waals surface area contributed by atoms with Crippen LogP contribution in [0, 0.1) is 6.92 Å². The Morgan fingerprint density at radius 2 is 2.03 bits per heavy atom. The van der Waals surface area contributed by atoms with Gasteiger partial charge in [0.15, 0.2) is 0 Å². The number of hydrogen-bond donors (Lipinski definition) is 2. The van der Waals surface area contributed by atoms with Crippen molar-refractivity contribution in [3.8, 4) is 0 Å². The lowest BCUT2D eigenvalue weighted by Crippen LogP contribution is -2.64. The van der Waals surface area contributed by atoms with Gasteiger partial charge in [-0.05, 0) is 56.0 Å². The topological polar surface area (TPSA) is 94.2 Å². The summed E-state index contributed by atoms with van der Waals surface area (Å²) in [5.74, 6) is -0.160. The van der Waals surface area contributed by atoms with Crippen molar-refractivity contribution >= 4 is 22.6 Å². The van der Waals surface area contributed by atoms with Crippen molar-refractivity contribution in [2.75, 3.05) is 25.0 Å². The van der Waals surface area contributed by atoms with Gasteiger partial charge in [-0.2, -0.15) is 0 Å². The Morgan fingerprint density at radius 3 is 2.73 bits per heavy atom. The van der Waals surface area contributed by atoms with Crippen molar-refractivity contribution in [2.24, 2.45) is 0 Å². The van der Waals surface area contributed by atoms with Crippen LogP contribution >= 0.6 is 0 Å². The van der Waals surface area contributed by atoms with Gasteiger partial charge in [0, 0.05) is 50.5 Å². The number of piperazine rings is 1. The molecule has 1 saturated heterocycles. The molecule has 0 bridgehead atoms. The van der Waals surface area contributed by atoms with Gasteiger partial charge in [-0.15, -0.1) is 0 Å². The number of nitrogens with one attached hydrogen (secondary N) is 2. The Kier molecular flexibility index (Phi) is 5.62. The first kappa shape index (κ1) is 21.6. The minimum Gasteiger partial charge on any atom is -0.364 e. The number of hydrogen-bond acceptors (Lipinski definition) is 6. The van der Waals surface area contributed by atoms with Crippen LogP contribution < -0.4 is 15.8 Å². The van der Waals surface area contributed by atoms with E-state index in [-0.39, 0.29) is 11.5 Å². The predicted octanol–water partition coefficient (Wildman–Crippen LogP) is 2.40. The van der Waals surface area contributed by atoms with E-state index in [1.54, 1.807) is 7.05 Å². The monoisotopic (exact) mass is 446 g/mol. The molecule has 3 aromatic heterocycles. The second-order valence-electron chi connectivity index (χ2n) is 9.01. The van der Waals surface area contributed by atoms with E-state index >= 15 is 0 Å². The van der Waals surface area contributed by atoms with Gasteiger partial charge in [-0.3, -0.25) is 19.5 Å². The summed E-state index contributed by atoms with van der Waals surface area (Å²) < 4.78 is 0. The molecule has 1 saturated carbocycles. The van der Waals surface area contributed by atoms with Gasteiger partial charge in [-0.1, -0.05) is 6.92 Å². The largest absolute Gasteiger partial charge is 0.364 e. The van der Waals surface area contributed by atoms with Crippen LogP contribution in [0.4, 0.5) is 5.69 Å². The molecule has 2 N–H and O–H groups in total. The Hall–Kier alpha value is -3.26. The zero-order valence-corrected chi connectivity index (χ0v) is 19.4. The summed E-state index contributed by atoms with van der Waals surface area (Å²) in [6.45, 7) is 6.64. The van der Waals surface area contributed by atoms with E-state index in [1.807, 2.05) is 38.2 Å². The van der Waals surface area contributed by atoms with Crippen LogP contribution in [-0.4, -0.2) is 58.0 Å². The number of carbonyl (C=O) groups excluding carboxylic acids is 1. The summed E-state index contributed by atoms with van der Waals surface area (Å²) in [7, 11) is 1.62. The molecule has 0 radical (unpaired) electrons. The standard InChI is InChI=1S/C25H30N6O2/c1-4-17-12-19-20(29-24(17)32)11-16(13-27-19)14-30-9-10-31(23-8-7-22(23)30)21-6-5-18(25(33)26-3)28-15(21)2/h5-6,11-13,22-23H,4,7-10,14H2,1-3H3,(H,26,33)(H,29,32)/t22-,23-/m0/s1. The van der Waals surface area contributed by atoms with E-state index in [0.717, 1.165) is 59.6 Å². The first-order valence-electron chi connectivity index (χ1n) is 11.7. The molecule has 3 aromatic rings. The zero-order chi connectivity index (χ0) is 23.1. The van der Waals surface area contributed by atoms with E-state index in [2.05, 4.69) is 36.1 Å². The van der Waals surface area contributed by atoms with Crippen LogP contribution in [-0.2, 0) is 13.0 Å². The third-order valence-corrected chi connectivity index (χ3v) is 7.12. The van der Waals surface area contributed by atoms with Gasteiger partial charge in [-0.25, -0.2) is 4.98 Å². The normalized spacial score (nSPS) is 20.4. The Labute approximate surface area is 193 Å². The van der Waals surface area contributed by atoms with Gasteiger partial charge in [0.2, 0.25) is 0 Å². The Morgan fingerprint density at radius 1 is 1.21 bits per heavy atom. The van der Waals surface area contributed by atoms with Crippen LogP contribution in [0.5, 0.6) is 0 Å². The lowest BCUT2D eigenvalue weighted by atomic mass is 9.81. The van der Waals surface area contributed by atoms with E-state index in [1.165, 1.54) is 6.42 Å². The number of aryl methyl sites for hydroxylation is 2. The second-order valence-corrected chi connectivity index (χ2v) is 9.01. The summed E-state index contributed by atoms with van der Waals surface area (Å²) in [5, 5.41) is 2.64. The van der Waals surface area contributed by atoms with E-state index < -0.39 is 0 Å². The highest BCUT2D eigenvalue weighted by Crippen LogP contribution is 2.38. The maximum absolute atomic E-state index is 12.2. The average Bonchev–Trinajstić information content (AvgIpc) is 2.79. The highest BCUT2D eigenvalue weighted by Gasteiger charge is 2.43. The fourth-order valence-corrected chi connectivity index (χ4v) is 5.18. The fraction of sp³-hybridized carbons (Fsp3) is 0.440. The molecule has 5 rings (SSSR count). The zero-order valence-electron chi connectivity index (χ0n) is 19.4. The molecule has 33 heavy (non-hydrogen) atoms. The number of amides is 1. The van der Waals surface area contributed by atoms with Crippen LogP contribution in [0.1, 0.15) is 47.1 Å². The minimum atomic E-state index is -0.160. The third-order valence-electron chi connectivity index (χ3n) is 7.12. The fourth-order valence-electron chi connectivity index (χ4n) is 5.18. The van der Waals surface area contributed by atoms with Gasteiger partial charge in [0.1, 0.15) is 5.69 Å². The van der Waals surface area contributed by atoms with Crippen LogP contribution in [0.3, 0.4) is 0 Å². The SMILES string of the molecule is CCc1cc2ncc(CN3CCN(c4ccc(C(=O)NC)nc4C)[C@H]4CC[C@@H]43)cc2[nH]c1=O. The number of fused-ring (bicyclic) bond motifs is 2. The van der Waals surface area contributed by atoms with Crippen molar-refractivity contribution in [3.05, 3.63) is 63.3 Å². The van der Waals surface area contributed by atoms with Crippen molar-refractivity contribution in [2.45, 2.75) is 51.7 Å². The summed E-state index contributed by atoms with van der Waals surface area (Å²) in [5.41, 5.74) is 5.97. The number of rotatable bonds is 5. The molecule has 4 heterocycles. The summed E-state index contributed by atoms with van der Waals surface area (Å²) >= 11 is 0.